The monoisotopic (exact) mass is 347 g/mol. The van der Waals surface area contributed by atoms with E-state index in [1.807, 2.05) is 19.2 Å². The molecule has 0 atom stereocenters. The molecule has 108 valence electrons. The van der Waals surface area contributed by atoms with Gasteiger partial charge in [0.05, 0.1) is 4.47 Å². The summed E-state index contributed by atoms with van der Waals surface area (Å²) in [5.74, 6) is 3.13. The minimum atomic E-state index is 0.254. The van der Waals surface area contributed by atoms with Crippen LogP contribution in [-0.2, 0) is 12.8 Å². The van der Waals surface area contributed by atoms with Gasteiger partial charge in [-0.3, -0.25) is 0 Å². The zero-order valence-electron chi connectivity index (χ0n) is 11.6. The van der Waals surface area contributed by atoms with Gasteiger partial charge in [-0.25, -0.2) is 9.97 Å². The second kappa shape index (κ2) is 4.87. The van der Waals surface area contributed by atoms with Gasteiger partial charge in [-0.1, -0.05) is 0 Å². The van der Waals surface area contributed by atoms with Gasteiger partial charge in [0.15, 0.2) is 17.3 Å². The van der Waals surface area contributed by atoms with Crippen molar-refractivity contribution in [2.75, 3.05) is 19.2 Å². The Morgan fingerprint density at radius 1 is 1.19 bits per heavy atom. The summed E-state index contributed by atoms with van der Waals surface area (Å²) in [5.41, 5.74) is 3.33. The van der Waals surface area contributed by atoms with Crippen molar-refractivity contribution in [3.63, 3.8) is 0 Å². The second-order valence-corrected chi connectivity index (χ2v) is 5.97. The summed E-state index contributed by atoms with van der Waals surface area (Å²) in [5, 5.41) is 3.19. The number of ether oxygens (including phenoxy) is 2. The van der Waals surface area contributed by atoms with E-state index in [1.165, 1.54) is 5.56 Å². The van der Waals surface area contributed by atoms with Crippen LogP contribution in [0.2, 0.25) is 0 Å². The number of fused-ring (bicyclic) bond motifs is 2. The molecule has 6 heteroatoms. The van der Waals surface area contributed by atoms with Gasteiger partial charge in [0, 0.05) is 23.9 Å². The van der Waals surface area contributed by atoms with Crippen molar-refractivity contribution in [3.05, 3.63) is 27.9 Å². The zero-order chi connectivity index (χ0) is 14.4. The molecule has 1 aliphatic carbocycles. The smallest absolute Gasteiger partial charge is 0.231 e. The lowest BCUT2D eigenvalue weighted by atomic mass is 10.1. The molecule has 1 aromatic heterocycles. The normalized spacial score (nSPS) is 15.1. The van der Waals surface area contributed by atoms with E-state index in [4.69, 9.17) is 14.5 Å². The van der Waals surface area contributed by atoms with Crippen molar-refractivity contribution in [2.24, 2.45) is 0 Å². The molecule has 0 saturated heterocycles. The predicted octanol–water partition coefficient (Wildman–Crippen LogP) is 3.17. The molecule has 2 aliphatic rings. The SMILES string of the molecule is CNc1nc(-c2cc(Br)c3c(c2)OCO3)nc2c1CCC2. The van der Waals surface area contributed by atoms with Gasteiger partial charge in [-0.15, -0.1) is 0 Å². The van der Waals surface area contributed by atoms with Crippen LogP contribution in [0.4, 0.5) is 5.82 Å². The van der Waals surface area contributed by atoms with E-state index in [0.717, 1.165) is 58.1 Å². The molecule has 1 aromatic carbocycles. The van der Waals surface area contributed by atoms with Gasteiger partial charge in [0.25, 0.3) is 0 Å². The molecule has 1 aliphatic heterocycles. The van der Waals surface area contributed by atoms with Crippen molar-refractivity contribution in [2.45, 2.75) is 19.3 Å². The lowest BCUT2D eigenvalue weighted by molar-refractivity contribution is 0.173. The number of halogens is 1. The van der Waals surface area contributed by atoms with E-state index >= 15 is 0 Å². The quantitative estimate of drug-likeness (QED) is 0.904. The Morgan fingerprint density at radius 3 is 2.95 bits per heavy atom. The third kappa shape index (κ3) is 2.05. The number of hydrogen-bond acceptors (Lipinski definition) is 5. The molecule has 0 unspecified atom stereocenters. The first-order chi connectivity index (χ1) is 10.3. The summed E-state index contributed by atoms with van der Waals surface area (Å²) in [6.45, 7) is 0.254. The third-order valence-electron chi connectivity index (χ3n) is 3.86. The number of hydrogen-bond donors (Lipinski definition) is 1. The van der Waals surface area contributed by atoms with E-state index in [0.29, 0.717) is 0 Å². The maximum Gasteiger partial charge on any atom is 0.231 e. The van der Waals surface area contributed by atoms with Crippen LogP contribution >= 0.6 is 15.9 Å². The van der Waals surface area contributed by atoms with Gasteiger partial charge in [0.1, 0.15) is 5.82 Å². The maximum atomic E-state index is 5.47. The maximum absolute atomic E-state index is 5.47. The zero-order valence-corrected chi connectivity index (χ0v) is 13.2. The molecule has 0 fully saturated rings. The molecule has 0 saturated carbocycles. The number of rotatable bonds is 2. The van der Waals surface area contributed by atoms with E-state index < -0.39 is 0 Å². The van der Waals surface area contributed by atoms with Crippen molar-refractivity contribution >= 4 is 21.7 Å². The average molecular weight is 348 g/mol. The van der Waals surface area contributed by atoms with Gasteiger partial charge in [0.2, 0.25) is 6.79 Å². The summed E-state index contributed by atoms with van der Waals surface area (Å²) in [6, 6.07) is 3.91. The van der Waals surface area contributed by atoms with Crippen LogP contribution < -0.4 is 14.8 Å². The van der Waals surface area contributed by atoms with Crippen LogP contribution in [0.15, 0.2) is 16.6 Å². The molecule has 5 nitrogen and oxygen atoms in total. The van der Waals surface area contributed by atoms with E-state index in [1.54, 1.807) is 0 Å². The summed E-state index contributed by atoms with van der Waals surface area (Å²) < 4.78 is 11.7. The first kappa shape index (κ1) is 12.9. The fraction of sp³-hybridized carbons (Fsp3) is 0.333. The van der Waals surface area contributed by atoms with Crippen molar-refractivity contribution < 1.29 is 9.47 Å². The molecule has 1 N–H and O–H groups in total. The number of benzene rings is 1. The minimum Gasteiger partial charge on any atom is -0.454 e. The van der Waals surface area contributed by atoms with Crippen molar-refractivity contribution in [3.8, 4) is 22.9 Å². The van der Waals surface area contributed by atoms with Crippen LogP contribution in [0.5, 0.6) is 11.5 Å². The van der Waals surface area contributed by atoms with E-state index in [-0.39, 0.29) is 6.79 Å². The number of nitrogens with zero attached hydrogens (tertiary/aromatic N) is 2. The Labute approximate surface area is 130 Å². The molecule has 0 amide bonds. The molecule has 2 aromatic rings. The highest BCUT2D eigenvalue weighted by molar-refractivity contribution is 9.10. The molecule has 0 radical (unpaired) electrons. The topological polar surface area (TPSA) is 56.3 Å². The van der Waals surface area contributed by atoms with Gasteiger partial charge < -0.3 is 14.8 Å². The third-order valence-corrected chi connectivity index (χ3v) is 4.44. The highest BCUT2D eigenvalue weighted by Crippen LogP contribution is 2.42. The largest absolute Gasteiger partial charge is 0.454 e. The lowest BCUT2D eigenvalue weighted by Gasteiger charge is -2.10. The fourth-order valence-corrected chi connectivity index (χ4v) is 3.42. The van der Waals surface area contributed by atoms with E-state index in [2.05, 4.69) is 26.2 Å². The number of aromatic nitrogens is 2. The predicted molar refractivity (Wildman–Crippen MR) is 82.9 cm³/mol. The van der Waals surface area contributed by atoms with Gasteiger partial charge in [-0.2, -0.15) is 0 Å². The van der Waals surface area contributed by atoms with Crippen molar-refractivity contribution in [1.29, 1.82) is 0 Å². The van der Waals surface area contributed by atoms with Crippen LogP contribution in [0.25, 0.3) is 11.4 Å². The molecular weight excluding hydrogens is 334 g/mol. The molecule has 0 spiro atoms. The second-order valence-electron chi connectivity index (χ2n) is 5.12. The number of aryl methyl sites for hydroxylation is 1. The summed E-state index contributed by atoms with van der Waals surface area (Å²) in [4.78, 5) is 9.39. The number of anilines is 1. The summed E-state index contributed by atoms with van der Waals surface area (Å²) in [7, 11) is 1.90. The lowest BCUT2D eigenvalue weighted by Crippen LogP contribution is -2.03. The molecule has 4 rings (SSSR count). The number of nitrogens with one attached hydrogen (secondary N) is 1. The molecule has 2 heterocycles. The van der Waals surface area contributed by atoms with Gasteiger partial charge >= 0.3 is 0 Å². The van der Waals surface area contributed by atoms with Crippen LogP contribution in [0, 0.1) is 0 Å². The molecule has 21 heavy (non-hydrogen) atoms. The Balaban J connectivity index is 1.86. The first-order valence-corrected chi connectivity index (χ1v) is 7.72. The Hall–Kier alpha value is -1.82. The fourth-order valence-electron chi connectivity index (χ4n) is 2.86. The standard InChI is InChI=1S/C15H14BrN3O2/c1-17-15-9-3-2-4-11(9)18-14(19-15)8-5-10(16)13-12(6-8)20-7-21-13/h5-6H,2-4,7H2,1H3,(H,17,18,19). The van der Waals surface area contributed by atoms with Crippen LogP contribution in [0.3, 0.4) is 0 Å². The Kier molecular flexibility index (Phi) is 2.99. The van der Waals surface area contributed by atoms with E-state index in [9.17, 15) is 0 Å². The molecular formula is C15H14BrN3O2. The molecule has 0 bridgehead atoms. The highest BCUT2D eigenvalue weighted by Gasteiger charge is 2.22. The first-order valence-electron chi connectivity index (χ1n) is 6.93. The Morgan fingerprint density at radius 2 is 2.10 bits per heavy atom. The summed E-state index contributed by atoms with van der Waals surface area (Å²) in [6.07, 6.45) is 3.22. The summed E-state index contributed by atoms with van der Waals surface area (Å²) >= 11 is 3.52. The van der Waals surface area contributed by atoms with Crippen LogP contribution in [0.1, 0.15) is 17.7 Å². The minimum absolute atomic E-state index is 0.254. The Bertz CT molecular complexity index is 733. The van der Waals surface area contributed by atoms with Crippen molar-refractivity contribution in [1.82, 2.24) is 9.97 Å². The van der Waals surface area contributed by atoms with Crippen LogP contribution in [-0.4, -0.2) is 23.8 Å². The highest BCUT2D eigenvalue weighted by atomic mass is 79.9. The van der Waals surface area contributed by atoms with Gasteiger partial charge in [-0.05, 0) is 47.3 Å². The average Bonchev–Trinajstić information content (AvgIpc) is 3.14.